The molecule has 0 radical (unpaired) electrons. The number of benzene rings is 2. The van der Waals surface area contributed by atoms with Gasteiger partial charge in [-0.05, 0) is 55.7 Å². The van der Waals surface area contributed by atoms with Gasteiger partial charge in [0.25, 0.3) is 11.8 Å². The lowest BCUT2D eigenvalue weighted by atomic mass is 9.95. The molecule has 0 unspecified atom stereocenters. The van der Waals surface area contributed by atoms with Crippen LogP contribution in [-0.4, -0.2) is 17.9 Å². The summed E-state index contributed by atoms with van der Waals surface area (Å²) in [4.78, 5) is 25.2. The minimum Gasteiger partial charge on any atom is -0.399 e. The highest BCUT2D eigenvalue weighted by molar-refractivity contribution is 6.34. The van der Waals surface area contributed by atoms with Crippen molar-refractivity contribution in [3.05, 3.63) is 58.1 Å². The molecule has 2 amide bonds. The summed E-state index contributed by atoms with van der Waals surface area (Å²) in [5, 5.41) is 6.23. The number of nitrogen functional groups attached to an aromatic ring is 1. The van der Waals surface area contributed by atoms with Crippen LogP contribution in [0.2, 0.25) is 5.02 Å². The molecule has 0 atom stereocenters. The third-order valence-corrected chi connectivity index (χ3v) is 5.25. The lowest BCUT2D eigenvalue weighted by Gasteiger charge is -2.23. The standard InChI is InChI=1S/C21H24ClN3O2/c1-13-7-8-14(23)11-17(13)20(26)25-16-9-10-19(22)18(12-16)21(27)24-15-5-3-2-4-6-15/h7-12,15H,2-6,23H2,1H3,(H,24,27)(H,25,26). The highest BCUT2D eigenvalue weighted by Gasteiger charge is 2.19. The molecule has 1 aliphatic carbocycles. The van der Waals surface area contributed by atoms with E-state index in [4.69, 9.17) is 17.3 Å². The summed E-state index contributed by atoms with van der Waals surface area (Å²) >= 11 is 6.22. The maximum absolute atomic E-state index is 12.6. The van der Waals surface area contributed by atoms with Crippen molar-refractivity contribution in [3.8, 4) is 0 Å². The van der Waals surface area contributed by atoms with Crippen LogP contribution in [0.5, 0.6) is 0 Å². The second-order valence-corrected chi connectivity index (χ2v) is 7.44. The van der Waals surface area contributed by atoms with Gasteiger partial charge in [-0.25, -0.2) is 0 Å². The van der Waals surface area contributed by atoms with Crippen molar-refractivity contribution in [2.24, 2.45) is 0 Å². The summed E-state index contributed by atoms with van der Waals surface area (Å²) in [7, 11) is 0. The van der Waals surface area contributed by atoms with Crippen LogP contribution in [0.3, 0.4) is 0 Å². The van der Waals surface area contributed by atoms with E-state index < -0.39 is 0 Å². The molecular weight excluding hydrogens is 362 g/mol. The Kier molecular flexibility index (Phi) is 6.01. The minimum atomic E-state index is -0.277. The third kappa shape index (κ3) is 4.80. The number of hydrogen-bond donors (Lipinski definition) is 3. The van der Waals surface area contributed by atoms with Gasteiger partial charge < -0.3 is 16.4 Å². The molecule has 1 saturated carbocycles. The van der Waals surface area contributed by atoms with Gasteiger partial charge in [0.2, 0.25) is 0 Å². The quantitative estimate of drug-likeness (QED) is 0.675. The zero-order valence-corrected chi connectivity index (χ0v) is 16.1. The molecule has 142 valence electrons. The van der Waals surface area contributed by atoms with E-state index in [0.717, 1.165) is 31.2 Å². The fourth-order valence-electron chi connectivity index (χ4n) is 3.37. The summed E-state index contributed by atoms with van der Waals surface area (Å²) in [6, 6.07) is 10.3. The molecule has 27 heavy (non-hydrogen) atoms. The van der Waals surface area contributed by atoms with E-state index in [-0.39, 0.29) is 17.9 Å². The van der Waals surface area contributed by atoms with Gasteiger partial charge in [0.05, 0.1) is 10.6 Å². The molecule has 2 aromatic carbocycles. The van der Waals surface area contributed by atoms with Crippen LogP contribution in [-0.2, 0) is 0 Å². The third-order valence-electron chi connectivity index (χ3n) is 4.92. The maximum Gasteiger partial charge on any atom is 0.256 e. The molecule has 0 spiro atoms. The Morgan fingerprint density at radius 3 is 2.48 bits per heavy atom. The van der Waals surface area contributed by atoms with Crippen LogP contribution in [0.25, 0.3) is 0 Å². The number of hydrogen-bond acceptors (Lipinski definition) is 3. The predicted molar refractivity (Wildman–Crippen MR) is 109 cm³/mol. The largest absolute Gasteiger partial charge is 0.399 e. The summed E-state index contributed by atoms with van der Waals surface area (Å²) in [5.41, 5.74) is 8.51. The molecule has 1 fully saturated rings. The number of carbonyl (C=O) groups is 2. The monoisotopic (exact) mass is 385 g/mol. The molecule has 3 rings (SSSR count). The highest BCUT2D eigenvalue weighted by atomic mass is 35.5. The van der Waals surface area contributed by atoms with E-state index in [1.807, 2.05) is 6.92 Å². The second-order valence-electron chi connectivity index (χ2n) is 7.03. The van der Waals surface area contributed by atoms with Crippen molar-refractivity contribution >= 4 is 34.8 Å². The Balaban J connectivity index is 1.75. The molecule has 0 bridgehead atoms. The summed E-state index contributed by atoms with van der Waals surface area (Å²) in [6.45, 7) is 1.85. The van der Waals surface area contributed by atoms with Gasteiger partial charge in [0, 0.05) is 23.0 Å². The van der Waals surface area contributed by atoms with Crippen LogP contribution in [0.4, 0.5) is 11.4 Å². The summed E-state index contributed by atoms with van der Waals surface area (Å²) in [5.74, 6) is -0.483. The highest BCUT2D eigenvalue weighted by Crippen LogP contribution is 2.23. The van der Waals surface area contributed by atoms with Gasteiger partial charge in [0.1, 0.15) is 0 Å². The van der Waals surface area contributed by atoms with Crippen molar-refractivity contribution in [2.45, 2.75) is 45.1 Å². The summed E-state index contributed by atoms with van der Waals surface area (Å²) < 4.78 is 0. The number of anilines is 2. The average molecular weight is 386 g/mol. The Morgan fingerprint density at radius 2 is 1.74 bits per heavy atom. The van der Waals surface area contributed by atoms with Crippen molar-refractivity contribution < 1.29 is 9.59 Å². The molecule has 0 heterocycles. The van der Waals surface area contributed by atoms with Crippen molar-refractivity contribution in [1.29, 1.82) is 0 Å². The fourth-order valence-corrected chi connectivity index (χ4v) is 3.57. The molecule has 0 aromatic heterocycles. The van der Waals surface area contributed by atoms with Gasteiger partial charge in [-0.15, -0.1) is 0 Å². The number of amides is 2. The molecular formula is C21H24ClN3O2. The van der Waals surface area contributed by atoms with Crippen molar-refractivity contribution in [1.82, 2.24) is 5.32 Å². The minimum absolute atomic E-state index is 0.190. The normalized spacial score (nSPS) is 14.6. The second kappa shape index (κ2) is 8.44. The van der Waals surface area contributed by atoms with E-state index in [1.54, 1.807) is 36.4 Å². The molecule has 5 nitrogen and oxygen atoms in total. The number of aryl methyl sites for hydroxylation is 1. The van der Waals surface area contributed by atoms with E-state index in [9.17, 15) is 9.59 Å². The van der Waals surface area contributed by atoms with Crippen LogP contribution < -0.4 is 16.4 Å². The Morgan fingerprint density at radius 1 is 1.00 bits per heavy atom. The first-order chi connectivity index (χ1) is 12.9. The van der Waals surface area contributed by atoms with E-state index in [1.165, 1.54) is 6.42 Å². The smallest absolute Gasteiger partial charge is 0.256 e. The van der Waals surface area contributed by atoms with Gasteiger partial charge in [-0.2, -0.15) is 0 Å². The lowest BCUT2D eigenvalue weighted by Crippen LogP contribution is -2.36. The molecule has 0 aliphatic heterocycles. The average Bonchev–Trinajstić information content (AvgIpc) is 2.66. The molecule has 0 saturated heterocycles. The van der Waals surface area contributed by atoms with E-state index in [0.29, 0.717) is 27.5 Å². The van der Waals surface area contributed by atoms with Gasteiger partial charge in [-0.1, -0.05) is 36.9 Å². The van der Waals surface area contributed by atoms with Gasteiger partial charge >= 0.3 is 0 Å². The van der Waals surface area contributed by atoms with Crippen LogP contribution in [0, 0.1) is 6.92 Å². The van der Waals surface area contributed by atoms with Gasteiger partial charge in [0.15, 0.2) is 0 Å². The SMILES string of the molecule is Cc1ccc(N)cc1C(=O)Nc1ccc(Cl)c(C(=O)NC2CCCCC2)c1. The maximum atomic E-state index is 12.6. The Labute approximate surface area is 164 Å². The molecule has 2 aromatic rings. The van der Waals surface area contributed by atoms with Crippen LogP contribution in [0.15, 0.2) is 36.4 Å². The summed E-state index contributed by atoms with van der Waals surface area (Å²) in [6.07, 6.45) is 5.48. The Bertz CT molecular complexity index is 861. The van der Waals surface area contributed by atoms with E-state index >= 15 is 0 Å². The Hall–Kier alpha value is -2.53. The molecule has 1 aliphatic rings. The first-order valence-corrected chi connectivity index (χ1v) is 9.60. The predicted octanol–water partition coefficient (Wildman–Crippen LogP) is 4.55. The number of rotatable bonds is 4. The van der Waals surface area contributed by atoms with E-state index in [2.05, 4.69) is 10.6 Å². The molecule has 4 N–H and O–H groups in total. The number of carbonyl (C=O) groups excluding carboxylic acids is 2. The first-order valence-electron chi connectivity index (χ1n) is 9.22. The van der Waals surface area contributed by atoms with Gasteiger partial charge in [-0.3, -0.25) is 9.59 Å². The molecule has 6 heteroatoms. The van der Waals surface area contributed by atoms with Crippen molar-refractivity contribution in [3.63, 3.8) is 0 Å². The lowest BCUT2D eigenvalue weighted by molar-refractivity contribution is 0.0926. The number of nitrogens with two attached hydrogens (primary N) is 1. The van der Waals surface area contributed by atoms with Crippen molar-refractivity contribution in [2.75, 3.05) is 11.1 Å². The fraction of sp³-hybridized carbons (Fsp3) is 0.333. The number of halogens is 1. The number of nitrogens with one attached hydrogen (secondary N) is 2. The first kappa shape index (κ1) is 19.2. The zero-order chi connectivity index (χ0) is 19.4. The topological polar surface area (TPSA) is 84.2 Å². The van der Waals surface area contributed by atoms with Crippen LogP contribution >= 0.6 is 11.6 Å². The zero-order valence-electron chi connectivity index (χ0n) is 15.3. The van der Waals surface area contributed by atoms with Crippen LogP contribution in [0.1, 0.15) is 58.4 Å².